The van der Waals surface area contributed by atoms with Gasteiger partial charge >= 0.3 is 0 Å². The molecule has 0 radical (unpaired) electrons. The van der Waals surface area contributed by atoms with Crippen molar-refractivity contribution >= 4 is 17.1 Å². The molecule has 0 aliphatic heterocycles. The van der Waals surface area contributed by atoms with E-state index in [2.05, 4.69) is 12.1 Å². The fourth-order valence-corrected chi connectivity index (χ4v) is 2.48. The highest BCUT2D eigenvalue weighted by atomic mass is 16.5. The molecule has 1 aliphatic carbocycles. The lowest BCUT2D eigenvalue weighted by molar-refractivity contribution is -0.109. The van der Waals surface area contributed by atoms with Crippen LogP contribution in [0.5, 0.6) is 5.75 Å². The molecule has 1 saturated carbocycles. The number of methoxy groups -OCH3 is 1. The maximum Gasteiger partial charge on any atom is 0.130 e. The van der Waals surface area contributed by atoms with E-state index >= 15 is 0 Å². The molecule has 0 saturated heterocycles. The maximum atomic E-state index is 11.3. The quantitative estimate of drug-likeness (QED) is 0.752. The second-order valence-corrected chi connectivity index (χ2v) is 4.63. The van der Waals surface area contributed by atoms with E-state index in [1.54, 1.807) is 7.11 Å². The van der Waals surface area contributed by atoms with Gasteiger partial charge in [-0.1, -0.05) is 30.3 Å². The average molecular weight is 226 g/mol. The molecule has 0 atom stereocenters. The SMILES string of the molecule is COc1cccc2c(C3(C=O)CC3)cccc12. The van der Waals surface area contributed by atoms with Gasteiger partial charge < -0.3 is 9.53 Å². The summed E-state index contributed by atoms with van der Waals surface area (Å²) in [5.41, 5.74) is 0.912. The Morgan fingerprint density at radius 2 is 1.82 bits per heavy atom. The van der Waals surface area contributed by atoms with Crippen LogP contribution in [0.3, 0.4) is 0 Å². The third kappa shape index (κ3) is 1.44. The molecule has 86 valence electrons. The van der Waals surface area contributed by atoms with Gasteiger partial charge in [-0.2, -0.15) is 0 Å². The number of ether oxygens (including phenoxy) is 1. The molecule has 17 heavy (non-hydrogen) atoms. The molecule has 1 fully saturated rings. The van der Waals surface area contributed by atoms with Gasteiger partial charge in [0.05, 0.1) is 12.5 Å². The molecule has 0 aromatic heterocycles. The van der Waals surface area contributed by atoms with Crippen molar-refractivity contribution < 1.29 is 9.53 Å². The highest BCUT2D eigenvalue weighted by Gasteiger charge is 2.45. The van der Waals surface area contributed by atoms with E-state index in [-0.39, 0.29) is 5.41 Å². The predicted octanol–water partition coefficient (Wildman–Crippen LogP) is 3.08. The molecule has 0 heterocycles. The number of benzene rings is 2. The maximum absolute atomic E-state index is 11.3. The molecular formula is C15H14O2. The Hall–Kier alpha value is -1.83. The zero-order valence-electron chi connectivity index (χ0n) is 9.77. The number of rotatable bonds is 3. The Kier molecular flexibility index (Phi) is 2.18. The Balaban J connectivity index is 2.30. The average Bonchev–Trinajstić information content (AvgIpc) is 3.18. The summed E-state index contributed by atoms with van der Waals surface area (Å²) in [6, 6.07) is 12.1. The molecule has 0 amide bonds. The molecule has 3 rings (SSSR count). The van der Waals surface area contributed by atoms with E-state index in [0.29, 0.717) is 0 Å². The number of fused-ring (bicyclic) bond motifs is 1. The van der Waals surface area contributed by atoms with Gasteiger partial charge in [0.2, 0.25) is 0 Å². The molecular weight excluding hydrogens is 212 g/mol. The van der Waals surface area contributed by atoms with Crippen LogP contribution >= 0.6 is 0 Å². The van der Waals surface area contributed by atoms with Gasteiger partial charge in [0.1, 0.15) is 12.0 Å². The second kappa shape index (κ2) is 3.59. The first-order chi connectivity index (χ1) is 8.30. The zero-order valence-corrected chi connectivity index (χ0v) is 9.77. The predicted molar refractivity (Wildman–Crippen MR) is 67.5 cm³/mol. The minimum absolute atomic E-state index is 0.230. The molecule has 0 spiro atoms. The van der Waals surface area contributed by atoms with E-state index < -0.39 is 0 Å². The van der Waals surface area contributed by atoms with Gasteiger partial charge in [-0.05, 0) is 29.9 Å². The lowest BCUT2D eigenvalue weighted by Gasteiger charge is -2.13. The van der Waals surface area contributed by atoms with Gasteiger partial charge in [0, 0.05) is 5.39 Å². The van der Waals surface area contributed by atoms with Crippen molar-refractivity contribution in [3.8, 4) is 5.75 Å². The number of aldehydes is 1. The standard InChI is InChI=1S/C15H14O2/c1-17-14-7-3-4-11-12(14)5-2-6-13(11)15(10-16)8-9-15/h2-7,10H,8-9H2,1H3. The summed E-state index contributed by atoms with van der Waals surface area (Å²) in [6.07, 6.45) is 3.03. The van der Waals surface area contributed by atoms with Crippen LogP contribution < -0.4 is 4.74 Å². The largest absolute Gasteiger partial charge is 0.496 e. The van der Waals surface area contributed by atoms with Crippen molar-refractivity contribution in [1.82, 2.24) is 0 Å². The molecule has 2 nitrogen and oxygen atoms in total. The van der Waals surface area contributed by atoms with Gasteiger partial charge in [0.25, 0.3) is 0 Å². The first kappa shape index (κ1) is 10.3. The van der Waals surface area contributed by atoms with Crippen molar-refractivity contribution in [2.75, 3.05) is 7.11 Å². The Morgan fingerprint density at radius 3 is 2.47 bits per heavy atom. The minimum atomic E-state index is -0.230. The van der Waals surface area contributed by atoms with Crippen molar-refractivity contribution in [1.29, 1.82) is 0 Å². The van der Waals surface area contributed by atoms with Gasteiger partial charge in [-0.25, -0.2) is 0 Å². The molecule has 0 bridgehead atoms. The summed E-state index contributed by atoms with van der Waals surface area (Å²) < 4.78 is 5.36. The summed E-state index contributed by atoms with van der Waals surface area (Å²) in [7, 11) is 1.67. The third-order valence-electron chi connectivity index (χ3n) is 3.65. The summed E-state index contributed by atoms with van der Waals surface area (Å²) in [6.45, 7) is 0. The molecule has 0 N–H and O–H groups in total. The molecule has 0 unspecified atom stereocenters. The highest BCUT2D eigenvalue weighted by Crippen LogP contribution is 2.49. The highest BCUT2D eigenvalue weighted by molar-refractivity contribution is 5.95. The van der Waals surface area contributed by atoms with Crippen LogP contribution in [-0.4, -0.2) is 13.4 Å². The fraction of sp³-hybridized carbons (Fsp3) is 0.267. The Labute approximate surface area is 100 Å². The smallest absolute Gasteiger partial charge is 0.130 e. The molecule has 1 aliphatic rings. The van der Waals surface area contributed by atoms with Gasteiger partial charge in [0.15, 0.2) is 0 Å². The van der Waals surface area contributed by atoms with Crippen LogP contribution in [-0.2, 0) is 10.2 Å². The number of hydrogen-bond acceptors (Lipinski definition) is 2. The summed E-state index contributed by atoms with van der Waals surface area (Å²) in [5, 5.41) is 2.22. The minimum Gasteiger partial charge on any atom is -0.496 e. The normalized spacial score (nSPS) is 16.8. The van der Waals surface area contributed by atoms with E-state index in [1.165, 1.54) is 0 Å². The van der Waals surface area contributed by atoms with E-state index in [1.807, 2.05) is 24.3 Å². The first-order valence-electron chi connectivity index (χ1n) is 5.83. The van der Waals surface area contributed by atoms with Crippen LogP contribution in [0.4, 0.5) is 0 Å². The van der Waals surface area contributed by atoms with E-state index in [9.17, 15) is 4.79 Å². The number of carbonyl (C=O) groups is 1. The van der Waals surface area contributed by atoms with Crippen LogP contribution in [0.2, 0.25) is 0 Å². The topological polar surface area (TPSA) is 26.3 Å². The van der Waals surface area contributed by atoms with Gasteiger partial charge in [-0.15, -0.1) is 0 Å². The van der Waals surface area contributed by atoms with Crippen molar-refractivity contribution in [3.05, 3.63) is 42.0 Å². The third-order valence-corrected chi connectivity index (χ3v) is 3.65. The molecule has 2 aromatic carbocycles. The van der Waals surface area contributed by atoms with Gasteiger partial charge in [-0.3, -0.25) is 0 Å². The van der Waals surface area contributed by atoms with E-state index in [0.717, 1.165) is 41.2 Å². The summed E-state index contributed by atoms with van der Waals surface area (Å²) >= 11 is 0. The fourth-order valence-electron chi connectivity index (χ4n) is 2.48. The van der Waals surface area contributed by atoms with Crippen LogP contribution in [0, 0.1) is 0 Å². The van der Waals surface area contributed by atoms with Crippen molar-refractivity contribution in [2.45, 2.75) is 18.3 Å². The first-order valence-corrected chi connectivity index (χ1v) is 5.83. The summed E-state index contributed by atoms with van der Waals surface area (Å²) in [5.74, 6) is 0.867. The monoisotopic (exact) mass is 226 g/mol. The zero-order chi connectivity index (χ0) is 11.9. The lowest BCUT2D eigenvalue weighted by Crippen LogP contribution is -2.08. The number of hydrogen-bond donors (Lipinski definition) is 0. The van der Waals surface area contributed by atoms with Crippen molar-refractivity contribution in [3.63, 3.8) is 0 Å². The van der Waals surface area contributed by atoms with Crippen LogP contribution in [0.25, 0.3) is 10.8 Å². The van der Waals surface area contributed by atoms with Crippen LogP contribution in [0.1, 0.15) is 18.4 Å². The lowest BCUT2D eigenvalue weighted by atomic mass is 9.92. The van der Waals surface area contributed by atoms with E-state index in [4.69, 9.17) is 4.74 Å². The number of carbonyl (C=O) groups excluding carboxylic acids is 1. The summed E-state index contributed by atoms with van der Waals surface area (Å²) in [4.78, 5) is 11.3. The molecule has 2 heteroatoms. The molecule has 2 aromatic rings. The Morgan fingerprint density at radius 1 is 1.12 bits per heavy atom. The second-order valence-electron chi connectivity index (χ2n) is 4.63. The Bertz CT molecular complexity index is 582. The van der Waals surface area contributed by atoms with Crippen molar-refractivity contribution in [2.24, 2.45) is 0 Å². The van der Waals surface area contributed by atoms with Crippen LogP contribution in [0.15, 0.2) is 36.4 Å².